The number of nitrogens with one attached hydrogen (secondary N) is 2. The standard InChI is InChI=1S/C21H22N4OS3/c1-13-22-20(17-8-5-10-28-17)18(29-13)12-19(26)23-16(9-11-27-2)21-24-14-6-3-4-7-15(14)25-21/h3-8,10,16H,9,11-12H2,1-2H3,(H,23,26)(H,24,25)/t16-/m1/s1. The molecule has 1 aromatic carbocycles. The average molecular weight is 443 g/mol. The number of rotatable bonds is 8. The minimum atomic E-state index is -0.137. The zero-order chi connectivity index (χ0) is 20.2. The highest BCUT2D eigenvalue weighted by atomic mass is 32.2. The van der Waals surface area contributed by atoms with Crippen LogP contribution >= 0.6 is 34.4 Å². The van der Waals surface area contributed by atoms with Crippen LogP contribution in [0.5, 0.6) is 0 Å². The number of aromatic nitrogens is 3. The lowest BCUT2D eigenvalue weighted by Gasteiger charge is -2.16. The number of para-hydroxylation sites is 2. The van der Waals surface area contributed by atoms with E-state index in [9.17, 15) is 4.79 Å². The van der Waals surface area contributed by atoms with Gasteiger partial charge in [-0.15, -0.1) is 22.7 Å². The maximum Gasteiger partial charge on any atom is 0.225 e. The van der Waals surface area contributed by atoms with Crippen molar-refractivity contribution >= 4 is 51.4 Å². The van der Waals surface area contributed by atoms with Gasteiger partial charge in [0, 0.05) is 4.88 Å². The van der Waals surface area contributed by atoms with E-state index < -0.39 is 0 Å². The molecule has 0 saturated carbocycles. The molecule has 0 unspecified atom stereocenters. The van der Waals surface area contributed by atoms with E-state index in [1.54, 1.807) is 34.4 Å². The highest BCUT2D eigenvalue weighted by Crippen LogP contribution is 2.31. The van der Waals surface area contributed by atoms with Gasteiger partial charge in [0.1, 0.15) is 5.82 Å². The molecule has 0 aliphatic rings. The van der Waals surface area contributed by atoms with Gasteiger partial charge in [-0.1, -0.05) is 18.2 Å². The Bertz CT molecular complexity index is 1070. The quantitative estimate of drug-likeness (QED) is 0.393. The van der Waals surface area contributed by atoms with Crippen LogP contribution in [0, 0.1) is 6.92 Å². The Morgan fingerprint density at radius 2 is 2.10 bits per heavy atom. The molecule has 0 fully saturated rings. The van der Waals surface area contributed by atoms with Gasteiger partial charge < -0.3 is 10.3 Å². The molecule has 2 N–H and O–H groups in total. The largest absolute Gasteiger partial charge is 0.346 e. The number of aromatic amines is 1. The Labute approximate surface area is 182 Å². The molecule has 0 aliphatic heterocycles. The van der Waals surface area contributed by atoms with Crippen LogP contribution in [0.15, 0.2) is 41.8 Å². The van der Waals surface area contributed by atoms with Crippen molar-refractivity contribution in [3.05, 3.63) is 57.5 Å². The number of carbonyl (C=O) groups excluding carboxylic acids is 1. The molecular formula is C21H22N4OS3. The minimum absolute atomic E-state index is 0.00184. The lowest BCUT2D eigenvalue weighted by atomic mass is 10.2. The summed E-state index contributed by atoms with van der Waals surface area (Å²) >= 11 is 5.01. The Hall–Kier alpha value is -2.16. The number of benzene rings is 1. The van der Waals surface area contributed by atoms with Gasteiger partial charge in [-0.2, -0.15) is 11.8 Å². The number of thiazole rings is 1. The summed E-state index contributed by atoms with van der Waals surface area (Å²) < 4.78 is 0. The number of hydrogen-bond donors (Lipinski definition) is 2. The van der Waals surface area contributed by atoms with E-state index >= 15 is 0 Å². The summed E-state index contributed by atoms with van der Waals surface area (Å²) in [4.78, 5) is 27.8. The number of carbonyl (C=O) groups is 1. The van der Waals surface area contributed by atoms with Gasteiger partial charge in [0.25, 0.3) is 0 Å². The minimum Gasteiger partial charge on any atom is -0.346 e. The van der Waals surface area contributed by atoms with Crippen molar-refractivity contribution in [3.8, 4) is 10.6 Å². The molecule has 8 heteroatoms. The molecule has 1 amide bonds. The smallest absolute Gasteiger partial charge is 0.225 e. The summed E-state index contributed by atoms with van der Waals surface area (Å²) in [5.74, 6) is 1.76. The van der Waals surface area contributed by atoms with Crippen molar-refractivity contribution in [2.45, 2.75) is 25.8 Å². The number of aryl methyl sites for hydroxylation is 1. The highest BCUT2D eigenvalue weighted by molar-refractivity contribution is 7.98. The molecular weight excluding hydrogens is 420 g/mol. The third-order valence-corrected chi connectivity index (χ3v) is 7.05. The Morgan fingerprint density at radius 1 is 1.24 bits per heavy atom. The predicted molar refractivity (Wildman–Crippen MR) is 124 cm³/mol. The third-order valence-electron chi connectivity index (χ3n) is 4.56. The molecule has 0 spiro atoms. The van der Waals surface area contributed by atoms with Crippen molar-refractivity contribution in [1.29, 1.82) is 0 Å². The van der Waals surface area contributed by atoms with Crippen LogP contribution in [0.4, 0.5) is 0 Å². The van der Waals surface area contributed by atoms with E-state index in [2.05, 4.69) is 27.6 Å². The van der Waals surface area contributed by atoms with Gasteiger partial charge in [-0.05, 0) is 48.9 Å². The lowest BCUT2D eigenvalue weighted by molar-refractivity contribution is -0.121. The van der Waals surface area contributed by atoms with Crippen LogP contribution in [0.1, 0.15) is 28.2 Å². The van der Waals surface area contributed by atoms with Gasteiger partial charge in [-0.25, -0.2) is 9.97 Å². The number of nitrogens with zero attached hydrogens (tertiary/aromatic N) is 2. The summed E-state index contributed by atoms with van der Waals surface area (Å²) in [6.07, 6.45) is 3.23. The number of hydrogen-bond acceptors (Lipinski definition) is 6. The van der Waals surface area contributed by atoms with Crippen LogP contribution in [0.2, 0.25) is 0 Å². The zero-order valence-electron chi connectivity index (χ0n) is 16.3. The van der Waals surface area contributed by atoms with Crippen LogP contribution in [0.3, 0.4) is 0 Å². The lowest BCUT2D eigenvalue weighted by Crippen LogP contribution is -2.31. The summed E-state index contributed by atoms with van der Waals surface area (Å²) in [6, 6.07) is 11.9. The predicted octanol–water partition coefficient (Wildman–Crippen LogP) is 5.21. The molecule has 0 saturated heterocycles. The summed E-state index contributed by atoms with van der Waals surface area (Å²) in [6.45, 7) is 1.98. The summed E-state index contributed by atoms with van der Waals surface area (Å²) in [5, 5.41) is 6.21. The second-order valence-corrected chi connectivity index (χ2v) is 9.92. The molecule has 29 heavy (non-hydrogen) atoms. The number of fused-ring (bicyclic) bond motifs is 1. The van der Waals surface area contributed by atoms with Crippen molar-refractivity contribution in [2.75, 3.05) is 12.0 Å². The molecule has 150 valence electrons. The van der Waals surface area contributed by atoms with Gasteiger partial charge >= 0.3 is 0 Å². The molecule has 3 aromatic heterocycles. The van der Waals surface area contributed by atoms with Gasteiger partial charge in [0.15, 0.2) is 0 Å². The van der Waals surface area contributed by atoms with Gasteiger partial charge in [0.2, 0.25) is 5.91 Å². The second kappa shape index (κ2) is 9.11. The second-order valence-electron chi connectivity index (χ2n) is 6.70. The zero-order valence-corrected chi connectivity index (χ0v) is 18.7. The fraction of sp³-hybridized carbons (Fsp3) is 0.286. The van der Waals surface area contributed by atoms with Gasteiger partial charge in [-0.3, -0.25) is 4.79 Å². The molecule has 4 rings (SSSR count). The van der Waals surface area contributed by atoms with Gasteiger partial charge in [0.05, 0.1) is 39.1 Å². The van der Waals surface area contributed by atoms with Crippen LogP contribution in [-0.2, 0) is 11.2 Å². The normalized spacial score (nSPS) is 12.3. The third kappa shape index (κ3) is 4.71. The first-order chi connectivity index (χ1) is 14.1. The van der Waals surface area contributed by atoms with Crippen molar-refractivity contribution in [1.82, 2.24) is 20.3 Å². The number of H-pyrrole nitrogens is 1. The Kier molecular flexibility index (Phi) is 6.32. The first-order valence-electron chi connectivity index (χ1n) is 9.37. The summed E-state index contributed by atoms with van der Waals surface area (Å²) in [7, 11) is 0. The van der Waals surface area contributed by atoms with Crippen LogP contribution < -0.4 is 5.32 Å². The maximum atomic E-state index is 12.9. The first-order valence-corrected chi connectivity index (χ1v) is 12.5. The molecule has 0 aliphatic carbocycles. The molecule has 1 atom stereocenters. The summed E-state index contributed by atoms with van der Waals surface area (Å²) in [5.41, 5.74) is 2.84. The van der Waals surface area contributed by atoms with E-state index in [0.717, 1.165) is 49.5 Å². The fourth-order valence-corrected chi connectivity index (χ4v) is 5.46. The fourth-order valence-electron chi connectivity index (χ4n) is 3.24. The van der Waals surface area contributed by atoms with E-state index in [1.807, 2.05) is 42.6 Å². The maximum absolute atomic E-state index is 12.9. The molecule has 5 nitrogen and oxygen atoms in total. The molecule has 4 aromatic rings. The molecule has 0 bridgehead atoms. The molecule has 0 radical (unpaired) electrons. The number of imidazole rings is 1. The van der Waals surface area contributed by atoms with Crippen molar-refractivity contribution in [3.63, 3.8) is 0 Å². The topological polar surface area (TPSA) is 70.7 Å². The molecule has 3 heterocycles. The Balaban J connectivity index is 1.53. The SMILES string of the molecule is CSCC[C@@H](NC(=O)Cc1sc(C)nc1-c1cccs1)c1nc2ccccc2[nH]1. The number of amides is 1. The first kappa shape index (κ1) is 20.1. The van der Waals surface area contributed by atoms with Crippen LogP contribution in [-0.4, -0.2) is 32.9 Å². The van der Waals surface area contributed by atoms with E-state index in [1.165, 1.54) is 0 Å². The van der Waals surface area contributed by atoms with Crippen LogP contribution in [0.25, 0.3) is 21.6 Å². The van der Waals surface area contributed by atoms with E-state index in [4.69, 9.17) is 4.98 Å². The van der Waals surface area contributed by atoms with E-state index in [-0.39, 0.29) is 11.9 Å². The van der Waals surface area contributed by atoms with E-state index in [0.29, 0.717) is 6.42 Å². The Morgan fingerprint density at radius 3 is 2.86 bits per heavy atom. The van der Waals surface area contributed by atoms with Crippen molar-refractivity contribution < 1.29 is 4.79 Å². The number of thiophene rings is 1. The highest BCUT2D eigenvalue weighted by Gasteiger charge is 2.21. The average Bonchev–Trinajstić information content (AvgIpc) is 3.44. The monoisotopic (exact) mass is 442 g/mol. The van der Waals surface area contributed by atoms with Crippen molar-refractivity contribution in [2.24, 2.45) is 0 Å². The number of thioether (sulfide) groups is 1.